The second-order valence-corrected chi connectivity index (χ2v) is 7.10. The number of hydroxylamine groups is 6. The minimum absolute atomic E-state index is 1.21. The zero-order valence-corrected chi connectivity index (χ0v) is 16.3. The number of rotatable bonds is 10. The fourth-order valence-electron chi connectivity index (χ4n) is 2.61. The van der Waals surface area contributed by atoms with Crippen molar-refractivity contribution in [3.8, 4) is 0 Å². The van der Waals surface area contributed by atoms with Gasteiger partial charge in [0.1, 0.15) is 0 Å². The summed E-state index contributed by atoms with van der Waals surface area (Å²) in [7, 11) is 0. The van der Waals surface area contributed by atoms with Crippen LogP contribution in [0.5, 0.6) is 0 Å². The molecule has 6 N–H and O–H groups in total. The van der Waals surface area contributed by atoms with Crippen LogP contribution in [-0.4, -0.2) is 77.3 Å². The fraction of sp³-hybridized carbons (Fsp3) is 1.00. The van der Waals surface area contributed by atoms with E-state index in [4.69, 9.17) is 6.84 Å². The van der Waals surface area contributed by atoms with Crippen LogP contribution in [-0.2, 0) is 28.8 Å². The molecule has 0 spiro atoms. The van der Waals surface area contributed by atoms with Gasteiger partial charge in [-0.3, -0.25) is 0 Å². The molecule has 24 heavy (non-hydrogen) atoms. The van der Waals surface area contributed by atoms with Gasteiger partial charge in [0.05, 0.1) is 0 Å². The van der Waals surface area contributed by atoms with E-state index in [1.807, 2.05) is 0 Å². The van der Waals surface area contributed by atoms with Crippen molar-refractivity contribution in [3.05, 3.63) is 0 Å². The third kappa shape index (κ3) is 4.64. The first kappa shape index (κ1) is 24.1. The third-order valence-electron chi connectivity index (χ3n) is 3.97. The van der Waals surface area contributed by atoms with Crippen molar-refractivity contribution in [2.75, 3.05) is 0 Å². The van der Waals surface area contributed by atoms with Crippen LogP contribution < -0.4 is 0 Å². The van der Waals surface area contributed by atoms with E-state index in [2.05, 4.69) is 0 Å². The van der Waals surface area contributed by atoms with Crippen LogP contribution in [0.2, 0.25) is 0 Å². The van der Waals surface area contributed by atoms with Gasteiger partial charge in [0.25, 0.3) is 0 Å². The second kappa shape index (κ2) is 9.17. The number of aliphatic hydroxyl groups is 6. The Morgan fingerprint density at radius 3 is 0.875 bits per heavy atom. The Labute approximate surface area is 148 Å². The van der Waals surface area contributed by atoms with Gasteiger partial charge in [0.2, 0.25) is 0 Å². The van der Waals surface area contributed by atoms with Crippen LogP contribution in [0.3, 0.4) is 0 Å². The maximum absolute atomic E-state index is 12.4. The Balaban J connectivity index is 5.69. The number of hydrogen-bond acceptors (Lipinski definition) is 9. The number of aliphatic hydroxyl groups excluding tert-OH is 6. The average molecular weight is 394 g/mol. The molecule has 0 aliphatic rings. The van der Waals surface area contributed by atoms with E-state index < -0.39 is 65.3 Å². The summed E-state index contributed by atoms with van der Waals surface area (Å²) in [6.07, 6.45) is -8.85. The molecular formula is C12H30N2O9Ti+2. The van der Waals surface area contributed by atoms with Crippen molar-refractivity contribution >= 4 is 0 Å². The molecule has 0 amide bonds. The molecule has 11 nitrogen and oxygen atoms in total. The number of hydrogen-bond donors (Lipinski definition) is 6. The van der Waals surface area contributed by atoms with E-state index in [1.165, 1.54) is 41.5 Å². The van der Waals surface area contributed by atoms with Crippen molar-refractivity contribution in [2.45, 2.75) is 78.9 Å². The maximum atomic E-state index is 12.4. The molecule has 0 saturated heterocycles. The van der Waals surface area contributed by atoms with Gasteiger partial charge in [0, 0.05) is 0 Å². The molecule has 0 aromatic rings. The van der Waals surface area contributed by atoms with Crippen LogP contribution >= 0.6 is 0 Å². The Hall–Kier alpha value is 0.114. The summed E-state index contributed by atoms with van der Waals surface area (Å²) in [4.78, 5) is 0. The summed E-state index contributed by atoms with van der Waals surface area (Å²) in [5.41, 5.74) is 0. The van der Waals surface area contributed by atoms with E-state index in [9.17, 15) is 34.0 Å². The average Bonchev–Trinajstić information content (AvgIpc) is 2.39. The molecule has 6 unspecified atom stereocenters. The van der Waals surface area contributed by atoms with Gasteiger partial charge < -0.3 is 0 Å². The molecule has 0 rings (SSSR count). The molecule has 0 aromatic heterocycles. The first-order chi connectivity index (χ1) is 10.8. The monoisotopic (exact) mass is 394 g/mol. The molecule has 0 saturated carbocycles. The number of quaternary nitrogens is 2. The summed E-state index contributed by atoms with van der Waals surface area (Å²) < 4.78 is 20.3. The van der Waals surface area contributed by atoms with E-state index in [0.717, 1.165) is 0 Å². The first-order valence-electron chi connectivity index (χ1n) is 7.54. The van der Waals surface area contributed by atoms with Crippen LogP contribution in [0.15, 0.2) is 0 Å². The molecular weight excluding hydrogens is 364 g/mol. The Bertz CT molecular complexity index is 336. The molecule has 6 atom stereocenters. The molecule has 144 valence electrons. The molecule has 0 aliphatic carbocycles. The Morgan fingerprint density at radius 1 is 0.583 bits per heavy atom. The quantitative estimate of drug-likeness (QED) is 0.110. The predicted molar refractivity (Wildman–Crippen MR) is 73.5 cm³/mol. The van der Waals surface area contributed by atoms with Crippen LogP contribution in [0.25, 0.3) is 0 Å². The summed E-state index contributed by atoms with van der Waals surface area (Å²) >= 11 is -4.37. The Morgan fingerprint density at radius 2 is 0.750 bits per heavy atom. The van der Waals surface area contributed by atoms with Gasteiger partial charge in [-0.15, -0.1) is 0 Å². The van der Waals surface area contributed by atoms with Gasteiger partial charge in [-0.05, 0) is 0 Å². The zero-order chi connectivity index (χ0) is 19.5. The van der Waals surface area contributed by atoms with Crippen molar-refractivity contribution in [1.29, 1.82) is 0 Å². The second-order valence-electron chi connectivity index (χ2n) is 5.75. The number of nitrogens with zero attached hydrogens (tertiary/aromatic N) is 2. The SMILES string of the molecule is CC(O)[N+]([O][Ti](=[O])[O][N+](C(C)O)(C(C)O)C(C)O)(C(C)O)C(C)O. The zero-order valence-electron chi connectivity index (χ0n) is 14.8. The third-order valence-corrected chi connectivity index (χ3v) is 5.42. The van der Waals surface area contributed by atoms with Crippen molar-refractivity contribution in [2.24, 2.45) is 0 Å². The summed E-state index contributed by atoms with van der Waals surface area (Å²) in [6.45, 7) is 7.28. The standard InChI is InChI=1S/2C6H15NO4.O.Ti/c2*1-4(8)7(11,5(2)9)6(3)10;;/h2*4-6,8-10H,1-3H3;;/q;;;+2. The molecule has 0 aromatic carbocycles. The molecule has 0 bridgehead atoms. The van der Waals surface area contributed by atoms with Gasteiger partial charge in [-0.2, -0.15) is 0 Å². The van der Waals surface area contributed by atoms with Crippen molar-refractivity contribution in [3.63, 3.8) is 0 Å². The van der Waals surface area contributed by atoms with E-state index in [-0.39, 0.29) is 0 Å². The van der Waals surface area contributed by atoms with Crippen molar-refractivity contribution in [1.82, 2.24) is 0 Å². The van der Waals surface area contributed by atoms with Gasteiger partial charge in [-0.25, -0.2) is 0 Å². The van der Waals surface area contributed by atoms with Gasteiger partial charge in [0.15, 0.2) is 0 Å². The Kier molecular flexibility index (Phi) is 9.21. The topological polar surface area (TPSA) is 157 Å². The minimum atomic E-state index is -4.37. The van der Waals surface area contributed by atoms with E-state index in [0.29, 0.717) is 0 Å². The summed E-state index contributed by atoms with van der Waals surface area (Å²) in [6, 6.07) is 0. The van der Waals surface area contributed by atoms with Crippen LogP contribution in [0, 0.1) is 0 Å². The van der Waals surface area contributed by atoms with Gasteiger partial charge in [-0.1, -0.05) is 0 Å². The van der Waals surface area contributed by atoms with E-state index in [1.54, 1.807) is 0 Å². The summed E-state index contributed by atoms with van der Waals surface area (Å²) in [5, 5.41) is 59.3. The molecule has 0 heterocycles. The fourth-order valence-corrected chi connectivity index (χ4v) is 4.89. The molecule has 0 fully saturated rings. The van der Waals surface area contributed by atoms with Gasteiger partial charge >= 0.3 is 148 Å². The molecule has 0 aliphatic heterocycles. The van der Waals surface area contributed by atoms with Crippen LogP contribution in [0.1, 0.15) is 41.5 Å². The molecule has 12 heteroatoms. The van der Waals surface area contributed by atoms with Crippen LogP contribution in [0.4, 0.5) is 0 Å². The first-order valence-corrected chi connectivity index (χ1v) is 9.45. The predicted octanol–water partition coefficient (Wildman–Crippen LogP) is -1.69. The van der Waals surface area contributed by atoms with Crippen molar-refractivity contribution < 1.29 is 68.7 Å². The molecule has 0 radical (unpaired) electrons. The van der Waals surface area contributed by atoms with E-state index >= 15 is 0 Å². The normalized spacial score (nSPS) is 24.8. The summed E-state index contributed by atoms with van der Waals surface area (Å²) in [5.74, 6) is 0.